The normalized spacial score (nSPS) is 22.4. The van der Waals surface area contributed by atoms with E-state index < -0.39 is 0 Å². The van der Waals surface area contributed by atoms with E-state index in [1.54, 1.807) is 0 Å². The quantitative estimate of drug-likeness (QED) is 0.692. The molecule has 2 rings (SSSR count). The van der Waals surface area contributed by atoms with E-state index in [1.165, 1.54) is 38.5 Å². The molecular weight excluding hydrogens is 262 g/mol. The maximum atomic E-state index is 5.37. The highest BCUT2D eigenvalue weighted by Crippen LogP contribution is 2.35. The molecule has 1 aromatic heterocycles. The van der Waals surface area contributed by atoms with Gasteiger partial charge in [-0.1, -0.05) is 19.8 Å². The number of nitrogens with zero attached hydrogens (tertiary/aromatic N) is 2. The first-order valence-corrected chi connectivity index (χ1v) is 8.69. The van der Waals surface area contributed by atoms with Crippen molar-refractivity contribution in [3.63, 3.8) is 0 Å². The van der Waals surface area contributed by atoms with E-state index in [2.05, 4.69) is 28.0 Å². The molecule has 0 saturated heterocycles. The van der Waals surface area contributed by atoms with Crippen molar-refractivity contribution in [1.29, 1.82) is 0 Å². The number of hydrogen-bond donors (Lipinski definition) is 1. The molecule has 1 heterocycles. The molecule has 0 spiro atoms. The highest BCUT2D eigenvalue weighted by atomic mass is 16.5. The second-order valence-electron chi connectivity index (χ2n) is 6.10. The Balaban J connectivity index is 1.77. The van der Waals surface area contributed by atoms with Crippen molar-refractivity contribution in [2.24, 2.45) is 5.92 Å². The highest BCUT2D eigenvalue weighted by Gasteiger charge is 2.23. The third-order valence-electron chi connectivity index (χ3n) is 4.53. The smallest absolute Gasteiger partial charge is 0.203 e. The van der Waals surface area contributed by atoms with Crippen LogP contribution >= 0.6 is 0 Å². The van der Waals surface area contributed by atoms with E-state index in [1.807, 2.05) is 13.1 Å². The molecule has 1 aromatic rings. The van der Waals surface area contributed by atoms with Gasteiger partial charge in [-0.05, 0) is 44.9 Å². The van der Waals surface area contributed by atoms with Gasteiger partial charge in [0.05, 0.1) is 0 Å². The van der Waals surface area contributed by atoms with Crippen molar-refractivity contribution in [2.45, 2.75) is 64.8 Å². The third-order valence-corrected chi connectivity index (χ3v) is 4.53. The lowest BCUT2D eigenvalue weighted by atomic mass is 9.83. The molecule has 1 aliphatic rings. The molecule has 0 bridgehead atoms. The molecule has 1 fully saturated rings. The molecule has 1 N–H and O–H groups in total. The molecule has 21 heavy (non-hydrogen) atoms. The van der Waals surface area contributed by atoms with Crippen molar-refractivity contribution in [2.75, 3.05) is 25.1 Å². The van der Waals surface area contributed by atoms with Crippen LogP contribution in [-0.4, -0.2) is 29.3 Å². The van der Waals surface area contributed by atoms with Crippen LogP contribution in [-0.2, 0) is 4.74 Å². The Hall–Kier alpha value is -1.03. The fourth-order valence-electron chi connectivity index (χ4n) is 3.38. The number of ether oxygens (including phenoxy) is 1. The number of imidazole rings is 1. The molecule has 4 nitrogen and oxygen atoms in total. The van der Waals surface area contributed by atoms with Gasteiger partial charge in [0.1, 0.15) is 0 Å². The molecule has 0 aliphatic heterocycles. The van der Waals surface area contributed by atoms with Crippen LogP contribution in [0.25, 0.3) is 0 Å². The zero-order valence-corrected chi connectivity index (χ0v) is 13.7. The summed E-state index contributed by atoms with van der Waals surface area (Å²) < 4.78 is 7.72. The van der Waals surface area contributed by atoms with Crippen LogP contribution in [0.2, 0.25) is 0 Å². The number of hydrogen-bond acceptors (Lipinski definition) is 3. The Morgan fingerprint density at radius 3 is 2.81 bits per heavy atom. The molecule has 1 aliphatic carbocycles. The van der Waals surface area contributed by atoms with E-state index >= 15 is 0 Å². The molecule has 0 unspecified atom stereocenters. The Morgan fingerprint density at radius 2 is 2.10 bits per heavy atom. The van der Waals surface area contributed by atoms with Gasteiger partial charge in [-0.15, -0.1) is 0 Å². The number of nitrogens with one attached hydrogen (secondary N) is 1. The van der Waals surface area contributed by atoms with Crippen molar-refractivity contribution >= 4 is 5.95 Å². The van der Waals surface area contributed by atoms with Crippen LogP contribution in [0.3, 0.4) is 0 Å². The van der Waals surface area contributed by atoms with Gasteiger partial charge < -0.3 is 14.6 Å². The Labute approximate surface area is 129 Å². The van der Waals surface area contributed by atoms with Crippen LogP contribution in [0, 0.1) is 5.92 Å². The van der Waals surface area contributed by atoms with E-state index in [0.29, 0.717) is 6.04 Å². The summed E-state index contributed by atoms with van der Waals surface area (Å²) in [5.41, 5.74) is 0. The summed E-state index contributed by atoms with van der Waals surface area (Å²) in [6.45, 7) is 6.89. The van der Waals surface area contributed by atoms with Gasteiger partial charge in [-0.25, -0.2) is 4.98 Å². The van der Waals surface area contributed by atoms with Gasteiger partial charge in [0.15, 0.2) is 0 Å². The van der Waals surface area contributed by atoms with Crippen LogP contribution in [0.5, 0.6) is 0 Å². The van der Waals surface area contributed by atoms with Gasteiger partial charge in [0.2, 0.25) is 5.95 Å². The zero-order valence-electron chi connectivity index (χ0n) is 13.7. The minimum absolute atomic E-state index is 0.634. The van der Waals surface area contributed by atoms with Crippen LogP contribution in [0.4, 0.5) is 5.95 Å². The van der Waals surface area contributed by atoms with Crippen molar-refractivity contribution in [3.8, 4) is 0 Å². The second kappa shape index (κ2) is 9.08. The zero-order chi connectivity index (χ0) is 14.9. The van der Waals surface area contributed by atoms with E-state index in [9.17, 15) is 0 Å². The summed E-state index contributed by atoms with van der Waals surface area (Å²) in [5, 5.41) is 3.46. The minimum atomic E-state index is 0.634. The minimum Gasteiger partial charge on any atom is -0.382 e. The summed E-state index contributed by atoms with van der Waals surface area (Å²) in [6.07, 6.45) is 13.2. The van der Waals surface area contributed by atoms with E-state index in [4.69, 9.17) is 4.74 Å². The summed E-state index contributed by atoms with van der Waals surface area (Å²) >= 11 is 0. The maximum Gasteiger partial charge on any atom is 0.203 e. The molecule has 0 atom stereocenters. The van der Waals surface area contributed by atoms with Crippen molar-refractivity contribution < 1.29 is 4.74 Å². The average Bonchev–Trinajstić information content (AvgIpc) is 2.97. The first-order chi connectivity index (χ1) is 10.3. The maximum absolute atomic E-state index is 5.37. The predicted octanol–water partition coefficient (Wildman–Crippen LogP) is 4.25. The van der Waals surface area contributed by atoms with Crippen molar-refractivity contribution in [1.82, 2.24) is 9.55 Å². The van der Waals surface area contributed by atoms with Crippen LogP contribution in [0.1, 0.15) is 64.8 Å². The molecule has 0 amide bonds. The van der Waals surface area contributed by atoms with Gasteiger partial charge in [-0.2, -0.15) is 0 Å². The number of anilines is 1. The van der Waals surface area contributed by atoms with Crippen LogP contribution < -0.4 is 5.32 Å². The molecule has 1 saturated carbocycles. The average molecular weight is 293 g/mol. The SMILES string of the molecule is CCCC1CCC(n2ccnc2NCCCOCC)CC1. The first-order valence-electron chi connectivity index (χ1n) is 8.69. The topological polar surface area (TPSA) is 39.1 Å². The highest BCUT2D eigenvalue weighted by molar-refractivity contribution is 5.26. The monoisotopic (exact) mass is 293 g/mol. The van der Waals surface area contributed by atoms with E-state index in [-0.39, 0.29) is 0 Å². The van der Waals surface area contributed by atoms with Crippen LogP contribution in [0.15, 0.2) is 12.4 Å². The Morgan fingerprint density at radius 1 is 1.29 bits per heavy atom. The Kier molecular flexibility index (Phi) is 7.07. The van der Waals surface area contributed by atoms with Gasteiger partial charge in [0, 0.05) is 38.2 Å². The Bertz CT molecular complexity index is 383. The summed E-state index contributed by atoms with van der Waals surface area (Å²) in [6, 6.07) is 0.634. The number of rotatable bonds is 9. The molecule has 0 aromatic carbocycles. The summed E-state index contributed by atoms with van der Waals surface area (Å²) in [4.78, 5) is 4.48. The van der Waals surface area contributed by atoms with Crippen molar-refractivity contribution in [3.05, 3.63) is 12.4 Å². The fourth-order valence-corrected chi connectivity index (χ4v) is 3.38. The molecule has 0 radical (unpaired) electrons. The molecule has 120 valence electrons. The van der Waals surface area contributed by atoms with Gasteiger partial charge in [0.25, 0.3) is 0 Å². The lowest BCUT2D eigenvalue weighted by molar-refractivity contribution is 0.147. The lowest BCUT2D eigenvalue weighted by Crippen LogP contribution is -2.20. The summed E-state index contributed by atoms with van der Waals surface area (Å²) in [7, 11) is 0. The van der Waals surface area contributed by atoms with Gasteiger partial charge >= 0.3 is 0 Å². The van der Waals surface area contributed by atoms with E-state index in [0.717, 1.165) is 38.0 Å². The number of aromatic nitrogens is 2. The third kappa shape index (κ3) is 5.03. The fraction of sp³-hybridized carbons (Fsp3) is 0.824. The molecule has 4 heteroatoms. The lowest BCUT2D eigenvalue weighted by Gasteiger charge is -2.30. The second-order valence-corrected chi connectivity index (χ2v) is 6.10. The first kappa shape index (κ1) is 16.3. The molecular formula is C17H31N3O. The van der Waals surface area contributed by atoms with Gasteiger partial charge in [-0.3, -0.25) is 0 Å². The predicted molar refractivity (Wildman–Crippen MR) is 87.7 cm³/mol. The largest absolute Gasteiger partial charge is 0.382 e. The summed E-state index contributed by atoms with van der Waals surface area (Å²) in [5.74, 6) is 1.99. The standard InChI is InChI=1S/C17H31N3O/c1-3-6-15-7-9-16(10-8-15)20-13-12-19-17(20)18-11-5-14-21-4-2/h12-13,15-16H,3-11,14H2,1-2H3,(H,18,19).